The zero-order chi connectivity index (χ0) is 13.0. The molecule has 1 aromatic heterocycles. The Labute approximate surface area is 103 Å². The van der Waals surface area contributed by atoms with Gasteiger partial charge in [0, 0.05) is 24.0 Å². The van der Waals surface area contributed by atoms with Crippen molar-refractivity contribution in [2.24, 2.45) is 0 Å². The second kappa shape index (κ2) is 4.97. The molecular formula is C13H9N3O2. The molecule has 2 rings (SSSR count). The second-order valence-corrected chi connectivity index (χ2v) is 3.60. The van der Waals surface area contributed by atoms with Crippen molar-refractivity contribution in [1.29, 1.82) is 5.26 Å². The topological polar surface area (TPSA) is 82.7 Å². The van der Waals surface area contributed by atoms with Gasteiger partial charge in [0.05, 0.1) is 16.6 Å². The summed E-state index contributed by atoms with van der Waals surface area (Å²) < 4.78 is 0. The molecule has 0 spiro atoms. The number of nitro groups is 1. The Morgan fingerprint density at radius 2 is 2.06 bits per heavy atom. The van der Waals surface area contributed by atoms with Crippen LogP contribution in [0.25, 0.3) is 11.6 Å². The highest BCUT2D eigenvalue weighted by atomic mass is 16.6. The number of nitrogens with one attached hydrogen (secondary N) is 1. The molecule has 0 aliphatic carbocycles. The van der Waals surface area contributed by atoms with Gasteiger partial charge >= 0.3 is 0 Å². The lowest BCUT2D eigenvalue weighted by atomic mass is 10.1. The van der Waals surface area contributed by atoms with Crippen LogP contribution in [0, 0.1) is 21.4 Å². The molecule has 0 amide bonds. The molecule has 0 aliphatic heterocycles. The molecule has 1 aromatic carbocycles. The van der Waals surface area contributed by atoms with E-state index in [4.69, 9.17) is 5.26 Å². The predicted octanol–water partition coefficient (Wildman–Crippen LogP) is 2.99. The van der Waals surface area contributed by atoms with Crippen molar-refractivity contribution < 1.29 is 4.92 Å². The predicted molar refractivity (Wildman–Crippen MR) is 67.4 cm³/mol. The van der Waals surface area contributed by atoms with Crippen LogP contribution in [0.5, 0.6) is 0 Å². The Morgan fingerprint density at radius 1 is 1.33 bits per heavy atom. The molecule has 0 radical (unpaired) electrons. The molecule has 18 heavy (non-hydrogen) atoms. The van der Waals surface area contributed by atoms with Crippen molar-refractivity contribution in [2.75, 3.05) is 0 Å². The molecule has 5 nitrogen and oxygen atoms in total. The molecule has 5 heteroatoms. The average molecular weight is 239 g/mol. The van der Waals surface area contributed by atoms with Crippen molar-refractivity contribution in [2.45, 2.75) is 0 Å². The van der Waals surface area contributed by atoms with Crippen molar-refractivity contribution in [3.8, 4) is 6.07 Å². The Kier molecular flexibility index (Phi) is 3.21. The largest absolute Gasteiger partial charge is 0.362 e. The molecule has 1 N–H and O–H groups in total. The monoisotopic (exact) mass is 239 g/mol. The smallest absolute Gasteiger partial charge is 0.269 e. The highest BCUT2D eigenvalue weighted by Gasteiger charge is 2.06. The fourth-order valence-electron chi connectivity index (χ4n) is 1.53. The fraction of sp³-hybridized carbons (Fsp3) is 0. The minimum atomic E-state index is -0.468. The van der Waals surface area contributed by atoms with Gasteiger partial charge in [-0.2, -0.15) is 5.26 Å². The number of hydrogen-bond donors (Lipinski definition) is 1. The number of non-ortho nitro benzene ring substituents is 1. The number of H-pyrrole nitrogens is 1. The molecule has 88 valence electrons. The van der Waals surface area contributed by atoms with Crippen LogP contribution in [0.1, 0.15) is 11.3 Å². The summed E-state index contributed by atoms with van der Waals surface area (Å²) in [5.41, 5.74) is 1.92. The third-order valence-corrected chi connectivity index (χ3v) is 2.43. The molecule has 0 saturated heterocycles. The van der Waals surface area contributed by atoms with Crippen molar-refractivity contribution in [1.82, 2.24) is 4.98 Å². The van der Waals surface area contributed by atoms with Gasteiger partial charge in [0.2, 0.25) is 0 Å². The summed E-state index contributed by atoms with van der Waals surface area (Å²) >= 11 is 0. The van der Waals surface area contributed by atoms with Gasteiger partial charge in [-0.1, -0.05) is 0 Å². The van der Waals surface area contributed by atoms with Gasteiger partial charge in [-0.3, -0.25) is 10.1 Å². The van der Waals surface area contributed by atoms with E-state index in [9.17, 15) is 10.1 Å². The molecular weight excluding hydrogens is 230 g/mol. The number of aromatic nitrogens is 1. The van der Waals surface area contributed by atoms with E-state index in [-0.39, 0.29) is 5.69 Å². The fourth-order valence-corrected chi connectivity index (χ4v) is 1.53. The maximum absolute atomic E-state index is 10.5. The van der Waals surface area contributed by atoms with E-state index in [1.54, 1.807) is 24.4 Å². The van der Waals surface area contributed by atoms with Gasteiger partial charge in [-0.05, 0) is 35.9 Å². The summed E-state index contributed by atoms with van der Waals surface area (Å²) in [5.74, 6) is 0. The molecule has 0 unspecified atom stereocenters. The quantitative estimate of drug-likeness (QED) is 0.507. The molecule has 1 heterocycles. The maximum Gasteiger partial charge on any atom is 0.269 e. The molecule has 0 aliphatic rings. The van der Waals surface area contributed by atoms with E-state index in [0.29, 0.717) is 11.1 Å². The standard InChI is InChI=1S/C13H9N3O2/c14-9-11(8-12-2-1-7-15-12)10-3-5-13(6-4-10)16(17)18/h1-8,15H. The SMILES string of the molecule is N#CC(=Cc1ccc[nH]1)c1ccc([N+](=O)[O-])cc1. The van der Waals surface area contributed by atoms with Crippen LogP contribution in [0.4, 0.5) is 5.69 Å². The Balaban J connectivity index is 2.35. The summed E-state index contributed by atoms with van der Waals surface area (Å²) in [4.78, 5) is 13.0. The van der Waals surface area contributed by atoms with E-state index < -0.39 is 4.92 Å². The van der Waals surface area contributed by atoms with Crippen LogP contribution >= 0.6 is 0 Å². The molecule has 0 saturated carbocycles. The Morgan fingerprint density at radius 3 is 2.56 bits per heavy atom. The first-order valence-electron chi connectivity index (χ1n) is 5.21. The van der Waals surface area contributed by atoms with E-state index in [1.165, 1.54) is 12.1 Å². The first-order valence-corrected chi connectivity index (χ1v) is 5.21. The number of nitro benzene ring substituents is 1. The third kappa shape index (κ3) is 2.44. The number of rotatable bonds is 3. The van der Waals surface area contributed by atoms with Crippen molar-refractivity contribution in [3.63, 3.8) is 0 Å². The highest BCUT2D eigenvalue weighted by Crippen LogP contribution is 2.20. The lowest BCUT2D eigenvalue weighted by molar-refractivity contribution is -0.384. The van der Waals surface area contributed by atoms with Crippen LogP contribution in [0.15, 0.2) is 42.6 Å². The van der Waals surface area contributed by atoms with E-state index in [1.807, 2.05) is 12.1 Å². The minimum Gasteiger partial charge on any atom is -0.362 e. The molecule has 2 aromatic rings. The number of allylic oxidation sites excluding steroid dienone is 1. The third-order valence-electron chi connectivity index (χ3n) is 2.43. The Hall–Kier alpha value is -2.87. The first kappa shape index (κ1) is 11.6. The highest BCUT2D eigenvalue weighted by molar-refractivity contribution is 5.89. The van der Waals surface area contributed by atoms with Crippen LogP contribution < -0.4 is 0 Å². The lowest BCUT2D eigenvalue weighted by Crippen LogP contribution is -1.88. The molecule has 0 fully saturated rings. The summed E-state index contributed by atoms with van der Waals surface area (Å²) in [6.07, 6.45) is 3.46. The van der Waals surface area contributed by atoms with Gasteiger partial charge in [0.15, 0.2) is 0 Å². The van der Waals surface area contributed by atoms with E-state index in [2.05, 4.69) is 11.1 Å². The van der Waals surface area contributed by atoms with Crippen LogP contribution in [0.3, 0.4) is 0 Å². The van der Waals surface area contributed by atoms with Gasteiger partial charge < -0.3 is 4.98 Å². The molecule has 0 atom stereocenters. The number of benzene rings is 1. The number of nitrogens with zero attached hydrogens (tertiary/aromatic N) is 2. The van der Waals surface area contributed by atoms with Crippen LogP contribution in [-0.2, 0) is 0 Å². The second-order valence-electron chi connectivity index (χ2n) is 3.60. The van der Waals surface area contributed by atoms with Crippen LogP contribution in [0.2, 0.25) is 0 Å². The summed E-state index contributed by atoms with van der Waals surface area (Å²) in [6.45, 7) is 0. The first-order chi connectivity index (χ1) is 8.70. The van der Waals surface area contributed by atoms with Gasteiger partial charge in [-0.25, -0.2) is 0 Å². The van der Waals surface area contributed by atoms with E-state index >= 15 is 0 Å². The summed E-state index contributed by atoms with van der Waals surface area (Å²) in [5, 5.41) is 19.6. The molecule has 0 bridgehead atoms. The average Bonchev–Trinajstić information content (AvgIpc) is 2.89. The van der Waals surface area contributed by atoms with E-state index in [0.717, 1.165) is 5.69 Å². The van der Waals surface area contributed by atoms with Gasteiger partial charge in [-0.15, -0.1) is 0 Å². The van der Waals surface area contributed by atoms with Gasteiger partial charge in [0.25, 0.3) is 5.69 Å². The summed E-state index contributed by atoms with van der Waals surface area (Å²) in [6, 6.07) is 11.6. The van der Waals surface area contributed by atoms with Gasteiger partial charge in [0.1, 0.15) is 0 Å². The summed E-state index contributed by atoms with van der Waals surface area (Å²) in [7, 11) is 0. The zero-order valence-corrected chi connectivity index (χ0v) is 9.33. The van der Waals surface area contributed by atoms with Crippen LogP contribution in [-0.4, -0.2) is 9.91 Å². The Bertz CT molecular complexity index is 619. The normalized spacial score (nSPS) is 10.9. The maximum atomic E-state index is 10.5. The number of hydrogen-bond acceptors (Lipinski definition) is 3. The van der Waals surface area contributed by atoms with Crippen molar-refractivity contribution in [3.05, 3.63) is 64.0 Å². The lowest BCUT2D eigenvalue weighted by Gasteiger charge is -1.98. The zero-order valence-electron chi connectivity index (χ0n) is 9.33. The minimum absolute atomic E-state index is 0.0101. The number of aromatic amines is 1. The van der Waals surface area contributed by atoms with Crippen molar-refractivity contribution >= 4 is 17.3 Å². The number of nitriles is 1.